The second-order valence-corrected chi connectivity index (χ2v) is 8.23. The van der Waals surface area contributed by atoms with Crippen LogP contribution in [-0.4, -0.2) is 14.1 Å². The first-order chi connectivity index (χ1) is 6.50. The van der Waals surface area contributed by atoms with Gasteiger partial charge in [0, 0.05) is 0 Å². The van der Waals surface area contributed by atoms with Gasteiger partial charge in [-0.05, 0) is 10.8 Å². The van der Waals surface area contributed by atoms with Crippen LogP contribution in [-0.2, 0) is 0 Å². The van der Waals surface area contributed by atoms with Crippen LogP contribution in [0.2, 0.25) is 13.1 Å². The van der Waals surface area contributed by atoms with Gasteiger partial charge in [-0.3, -0.25) is 0 Å². The van der Waals surface area contributed by atoms with Gasteiger partial charge < -0.3 is 0 Å². The van der Waals surface area contributed by atoms with E-state index < -0.39 is 14.1 Å². The van der Waals surface area contributed by atoms with E-state index in [-0.39, 0.29) is 0 Å². The highest BCUT2D eigenvalue weighted by atomic mass is 28.3. The van der Waals surface area contributed by atoms with Crippen molar-refractivity contribution < 1.29 is 8.78 Å². The van der Waals surface area contributed by atoms with Crippen LogP contribution in [0.3, 0.4) is 0 Å². The molecule has 0 aliphatic carbocycles. The van der Waals surface area contributed by atoms with Crippen LogP contribution in [0.4, 0.5) is 8.78 Å². The van der Waals surface area contributed by atoms with Crippen LogP contribution in [0.5, 0.6) is 0 Å². The Morgan fingerprint density at radius 3 is 2.36 bits per heavy atom. The summed E-state index contributed by atoms with van der Waals surface area (Å²) in [5.41, 5.74) is 0.837. The van der Waals surface area contributed by atoms with Crippen LogP contribution in [0.15, 0.2) is 30.8 Å². The fourth-order valence-electron chi connectivity index (χ4n) is 1.38. The molecule has 0 aliphatic rings. The van der Waals surface area contributed by atoms with Crippen molar-refractivity contribution in [3.8, 4) is 0 Å². The third kappa shape index (κ3) is 1.92. The number of hydrogen-bond donors (Lipinski definition) is 0. The normalized spacial score (nSPS) is 11.8. The summed E-state index contributed by atoms with van der Waals surface area (Å²) in [5, 5.41) is 0.782. The van der Waals surface area contributed by atoms with E-state index in [9.17, 15) is 8.78 Å². The van der Waals surface area contributed by atoms with E-state index in [0.29, 0.717) is 0 Å². The Kier molecular flexibility index (Phi) is 3.21. The van der Waals surface area contributed by atoms with E-state index in [1.54, 1.807) is 31.3 Å². The molecule has 0 bridgehead atoms. The monoisotopic (exact) mass is 212 g/mol. The lowest BCUT2D eigenvalue weighted by molar-refractivity contribution is 0.230. The standard InChI is InChI=1S/C11H14F2Si/c1-4-9-7-5-6-8-10(9)14(2,3)11(12)13/h4-8,11H,1H2,2-3H3. The maximum Gasteiger partial charge on any atom is 0.225 e. The van der Waals surface area contributed by atoms with Crippen LogP contribution in [0.25, 0.3) is 6.08 Å². The molecule has 0 unspecified atom stereocenters. The molecule has 1 rings (SSSR count). The molecule has 3 heteroatoms. The largest absolute Gasteiger partial charge is 0.225 e. The zero-order chi connectivity index (χ0) is 10.8. The van der Waals surface area contributed by atoms with Crippen molar-refractivity contribution in [2.75, 3.05) is 0 Å². The molecule has 0 spiro atoms. The summed E-state index contributed by atoms with van der Waals surface area (Å²) in [6.07, 6.45) is 1.65. The molecule has 0 atom stereocenters. The minimum Gasteiger partial charge on any atom is -0.215 e. The second-order valence-electron chi connectivity index (χ2n) is 3.81. The van der Waals surface area contributed by atoms with Crippen molar-refractivity contribution in [1.29, 1.82) is 0 Å². The molecule has 0 nitrogen and oxygen atoms in total. The van der Waals surface area contributed by atoms with E-state index in [0.717, 1.165) is 10.8 Å². The molecule has 76 valence electrons. The smallest absolute Gasteiger partial charge is 0.215 e. The van der Waals surface area contributed by atoms with Crippen molar-refractivity contribution in [3.63, 3.8) is 0 Å². The lowest BCUT2D eigenvalue weighted by Gasteiger charge is -2.23. The minimum atomic E-state index is -2.63. The molecule has 0 N–H and O–H groups in total. The fourth-order valence-corrected chi connectivity index (χ4v) is 3.07. The lowest BCUT2D eigenvalue weighted by Crippen LogP contribution is -2.50. The Labute approximate surface area is 84.3 Å². The molecule has 0 saturated heterocycles. The first-order valence-corrected chi connectivity index (χ1v) is 7.58. The molecule has 14 heavy (non-hydrogen) atoms. The van der Waals surface area contributed by atoms with Gasteiger partial charge in [0.05, 0.1) is 0 Å². The molecule has 0 aromatic heterocycles. The van der Waals surface area contributed by atoms with Crippen LogP contribution in [0, 0.1) is 0 Å². The Bertz CT molecular complexity index is 332. The first-order valence-electron chi connectivity index (χ1n) is 4.50. The van der Waals surface area contributed by atoms with E-state index in [2.05, 4.69) is 6.58 Å². The summed E-state index contributed by atoms with van der Waals surface area (Å²) in [7, 11) is -2.63. The average molecular weight is 212 g/mol. The second kappa shape index (κ2) is 4.05. The Morgan fingerprint density at radius 2 is 1.86 bits per heavy atom. The van der Waals surface area contributed by atoms with Gasteiger partial charge in [-0.1, -0.05) is 50.0 Å². The summed E-state index contributed by atoms with van der Waals surface area (Å²) >= 11 is 0. The zero-order valence-electron chi connectivity index (χ0n) is 8.43. The molecular formula is C11H14F2Si. The van der Waals surface area contributed by atoms with Gasteiger partial charge in [0.15, 0.2) is 8.07 Å². The predicted octanol–water partition coefficient (Wildman–Crippen LogP) is 3.05. The maximum atomic E-state index is 12.8. The number of alkyl halides is 2. The molecule has 0 aliphatic heterocycles. The quantitative estimate of drug-likeness (QED) is 0.676. The number of halogens is 2. The molecule has 0 saturated carbocycles. The first kappa shape index (κ1) is 11.1. The number of benzene rings is 1. The average Bonchev–Trinajstić information content (AvgIpc) is 2.17. The van der Waals surface area contributed by atoms with Crippen molar-refractivity contribution in [2.45, 2.75) is 19.1 Å². The van der Waals surface area contributed by atoms with Gasteiger partial charge in [-0.2, -0.15) is 0 Å². The Balaban J connectivity index is 3.24. The molecule has 0 radical (unpaired) electrons. The van der Waals surface area contributed by atoms with E-state index in [1.807, 2.05) is 12.1 Å². The minimum absolute atomic E-state index is 0.782. The summed E-state index contributed by atoms with van der Waals surface area (Å²) in [5.74, 6) is 0. The molecular weight excluding hydrogens is 198 g/mol. The summed E-state index contributed by atoms with van der Waals surface area (Å²) in [6.45, 7) is 7.00. The number of hydrogen-bond acceptors (Lipinski definition) is 0. The topological polar surface area (TPSA) is 0 Å². The third-order valence-corrected chi connectivity index (χ3v) is 5.36. The number of rotatable bonds is 3. The van der Waals surface area contributed by atoms with Gasteiger partial charge in [-0.15, -0.1) is 0 Å². The van der Waals surface area contributed by atoms with Gasteiger partial charge >= 0.3 is 0 Å². The lowest BCUT2D eigenvalue weighted by atomic mass is 10.2. The maximum absolute atomic E-state index is 12.8. The zero-order valence-corrected chi connectivity index (χ0v) is 9.43. The van der Waals surface area contributed by atoms with Crippen molar-refractivity contribution in [1.82, 2.24) is 0 Å². The van der Waals surface area contributed by atoms with E-state index in [1.165, 1.54) is 0 Å². The van der Waals surface area contributed by atoms with E-state index in [4.69, 9.17) is 0 Å². The molecule has 1 aromatic carbocycles. The van der Waals surface area contributed by atoms with Gasteiger partial charge in [-0.25, -0.2) is 8.78 Å². The fraction of sp³-hybridized carbons (Fsp3) is 0.273. The summed E-state index contributed by atoms with van der Waals surface area (Å²) in [4.78, 5) is 0. The highest BCUT2D eigenvalue weighted by Crippen LogP contribution is 2.16. The Morgan fingerprint density at radius 1 is 1.29 bits per heavy atom. The SMILES string of the molecule is C=Cc1ccccc1[Si](C)(C)C(F)F. The third-order valence-electron chi connectivity index (χ3n) is 2.42. The highest BCUT2D eigenvalue weighted by molar-refractivity contribution is 6.91. The predicted molar refractivity (Wildman–Crippen MR) is 59.7 cm³/mol. The molecule has 0 amide bonds. The van der Waals surface area contributed by atoms with Crippen LogP contribution >= 0.6 is 0 Å². The van der Waals surface area contributed by atoms with Crippen LogP contribution < -0.4 is 5.19 Å². The Hall–Kier alpha value is -0.963. The van der Waals surface area contributed by atoms with Crippen molar-refractivity contribution in [2.24, 2.45) is 0 Å². The van der Waals surface area contributed by atoms with Crippen molar-refractivity contribution >= 4 is 19.3 Å². The van der Waals surface area contributed by atoms with Crippen molar-refractivity contribution in [3.05, 3.63) is 36.4 Å². The van der Waals surface area contributed by atoms with Gasteiger partial charge in [0.25, 0.3) is 0 Å². The van der Waals surface area contributed by atoms with Gasteiger partial charge in [0.2, 0.25) is 6.05 Å². The molecule has 1 aromatic rings. The van der Waals surface area contributed by atoms with Crippen LogP contribution in [0.1, 0.15) is 5.56 Å². The molecule has 0 fully saturated rings. The molecule has 0 heterocycles. The highest BCUT2D eigenvalue weighted by Gasteiger charge is 2.35. The summed E-state index contributed by atoms with van der Waals surface area (Å²) < 4.78 is 25.7. The van der Waals surface area contributed by atoms with Gasteiger partial charge in [0.1, 0.15) is 0 Å². The summed E-state index contributed by atoms with van der Waals surface area (Å²) in [6, 6.07) is 5.04. The van der Waals surface area contributed by atoms with E-state index >= 15 is 0 Å².